The van der Waals surface area contributed by atoms with E-state index in [1.807, 2.05) is 17.8 Å². The van der Waals surface area contributed by atoms with Gasteiger partial charge >= 0.3 is 0 Å². The molecule has 2 aliphatic rings. The lowest BCUT2D eigenvalue weighted by atomic mass is 10.1. The molecule has 5 rings (SSSR count). The van der Waals surface area contributed by atoms with Crippen molar-refractivity contribution in [1.82, 2.24) is 29.4 Å². The van der Waals surface area contributed by atoms with Crippen LogP contribution in [0.2, 0.25) is 0 Å². The van der Waals surface area contributed by atoms with E-state index in [-0.39, 0.29) is 0 Å². The van der Waals surface area contributed by atoms with E-state index in [1.165, 1.54) is 18.5 Å². The Balaban J connectivity index is 1.46. The highest BCUT2D eigenvalue weighted by molar-refractivity contribution is 5.55. The Hall–Kier alpha value is -2.47. The molecule has 26 heavy (non-hydrogen) atoms. The predicted molar refractivity (Wildman–Crippen MR) is 99.5 cm³/mol. The van der Waals surface area contributed by atoms with Crippen LogP contribution in [0, 0.1) is 6.92 Å². The van der Waals surface area contributed by atoms with Gasteiger partial charge in [-0.3, -0.25) is 9.58 Å². The Kier molecular flexibility index (Phi) is 3.67. The Bertz CT molecular complexity index is 925. The summed E-state index contributed by atoms with van der Waals surface area (Å²) in [4.78, 5) is 2.67. The number of benzene rings is 1. The minimum absolute atomic E-state index is 0.537. The van der Waals surface area contributed by atoms with Crippen molar-refractivity contribution in [3.63, 3.8) is 0 Å². The summed E-state index contributed by atoms with van der Waals surface area (Å²) >= 11 is 0. The third kappa shape index (κ3) is 2.56. The topological polar surface area (TPSA) is 51.8 Å². The molecule has 0 spiro atoms. The summed E-state index contributed by atoms with van der Waals surface area (Å²) in [6.07, 6.45) is 3.47. The summed E-state index contributed by atoms with van der Waals surface area (Å²) in [6, 6.07) is 13.7. The number of fused-ring (bicyclic) bond motifs is 3. The number of hydrogen-bond donors (Lipinski definition) is 0. The lowest BCUT2D eigenvalue weighted by molar-refractivity contribution is 0.176. The van der Waals surface area contributed by atoms with Crippen LogP contribution in [-0.4, -0.2) is 41.5 Å². The van der Waals surface area contributed by atoms with E-state index in [9.17, 15) is 0 Å². The molecular weight excluding hydrogens is 324 g/mol. The molecule has 0 amide bonds. The van der Waals surface area contributed by atoms with Crippen LogP contribution < -0.4 is 0 Å². The van der Waals surface area contributed by atoms with Gasteiger partial charge in [0.2, 0.25) is 0 Å². The van der Waals surface area contributed by atoms with Gasteiger partial charge in [-0.05, 0) is 25.8 Å². The van der Waals surface area contributed by atoms with E-state index in [0.717, 1.165) is 42.4 Å². The maximum Gasteiger partial charge on any atom is 0.164 e. The first-order valence-electron chi connectivity index (χ1n) is 9.42. The summed E-state index contributed by atoms with van der Waals surface area (Å²) in [5.41, 5.74) is 3.53. The molecule has 2 aliphatic heterocycles. The van der Waals surface area contributed by atoms with Gasteiger partial charge < -0.3 is 4.57 Å². The minimum atomic E-state index is 0.537. The highest BCUT2D eigenvalue weighted by Crippen LogP contribution is 2.34. The summed E-state index contributed by atoms with van der Waals surface area (Å²) in [5, 5.41) is 13.6. The molecule has 2 aromatic heterocycles. The van der Waals surface area contributed by atoms with Crippen LogP contribution in [0.25, 0.3) is 11.4 Å². The zero-order valence-corrected chi connectivity index (χ0v) is 15.3. The summed E-state index contributed by atoms with van der Waals surface area (Å²) in [7, 11) is 2.05. The van der Waals surface area contributed by atoms with E-state index in [1.54, 1.807) is 0 Å². The van der Waals surface area contributed by atoms with Gasteiger partial charge in [0.05, 0.1) is 11.4 Å². The minimum Gasteiger partial charge on any atom is -0.309 e. The molecule has 1 aromatic carbocycles. The number of rotatable bonds is 3. The molecule has 0 saturated carbocycles. The fraction of sp³-hybridized carbons (Fsp3) is 0.450. The maximum absolute atomic E-state index is 4.54. The first-order valence-corrected chi connectivity index (χ1v) is 9.42. The van der Waals surface area contributed by atoms with Crippen LogP contribution in [-0.2, 0) is 26.6 Å². The Morgan fingerprint density at radius 2 is 1.88 bits per heavy atom. The number of aromatic nitrogens is 5. The molecule has 2 bridgehead atoms. The molecule has 1 fully saturated rings. The van der Waals surface area contributed by atoms with Crippen molar-refractivity contribution in [3.05, 3.63) is 53.6 Å². The molecule has 2 atom stereocenters. The highest BCUT2D eigenvalue weighted by atomic mass is 15.3. The zero-order valence-electron chi connectivity index (χ0n) is 15.3. The van der Waals surface area contributed by atoms with Crippen LogP contribution >= 0.6 is 0 Å². The van der Waals surface area contributed by atoms with Crippen molar-refractivity contribution in [2.75, 3.05) is 0 Å². The zero-order chi connectivity index (χ0) is 17.7. The molecule has 6 nitrogen and oxygen atoms in total. The Labute approximate surface area is 153 Å². The Morgan fingerprint density at radius 3 is 2.65 bits per heavy atom. The SMILES string of the molecule is Cc1cc(CN2[C@@H]3CC[C@H]2Cc2nnc(-c4ccccc4)n2C3)n(C)n1. The lowest BCUT2D eigenvalue weighted by Gasteiger charge is -2.27. The molecule has 3 aromatic rings. The van der Waals surface area contributed by atoms with Gasteiger partial charge in [-0.1, -0.05) is 30.3 Å². The fourth-order valence-electron chi connectivity index (χ4n) is 4.59. The maximum atomic E-state index is 4.54. The number of nitrogens with zero attached hydrogens (tertiary/aromatic N) is 6. The van der Waals surface area contributed by atoms with E-state index < -0.39 is 0 Å². The second kappa shape index (κ2) is 6.06. The molecule has 0 radical (unpaired) electrons. The van der Waals surface area contributed by atoms with Gasteiger partial charge in [0.25, 0.3) is 0 Å². The largest absolute Gasteiger partial charge is 0.309 e. The first-order chi connectivity index (χ1) is 12.7. The van der Waals surface area contributed by atoms with Crippen LogP contribution in [0.15, 0.2) is 36.4 Å². The van der Waals surface area contributed by atoms with Gasteiger partial charge in [0.1, 0.15) is 5.82 Å². The van der Waals surface area contributed by atoms with Crippen molar-refractivity contribution < 1.29 is 0 Å². The normalized spacial score (nSPS) is 22.4. The predicted octanol–water partition coefficient (Wildman–Crippen LogP) is 2.58. The van der Waals surface area contributed by atoms with Crippen molar-refractivity contribution in [2.24, 2.45) is 7.05 Å². The van der Waals surface area contributed by atoms with E-state index in [2.05, 4.69) is 62.0 Å². The van der Waals surface area contributed by atoms with Crippen molar-refractivity contribution in [1.29, 1.82) is 0 Å². The smallest absolute Gasteiger partial charge is 0.164 e. The van der Waals surface area contributed by atoms with Crippen molar-refractivity contribution >= 4 is 0 Å². The van der Waals surface area contributed by atoms with Crippen LogP contribution in [0.4, 0.5) is 0 Å². The lowest BCUT2D eigenvalue weighted by Crippen LogP contribution is -2.37. The molecular formula is C20H24N6. The average molecular weight is 348 g/mol. The van der Waals surface area contributed by atoms with E-state index >= 15 is 0 Å². The van der Waals surface area contributed by atoms with Crippen molar-refractivity contribution in [2.45, 2.75) is 51.4 Å². The standard InChI is InChI=1S/C20H24N6/c1-14-10-18(24(2)23-14)13-25-16-8-9-17(25)12-26-19(11-16)21-22-20(26)15-6-4-3-5-7-15/h3-7,10,16-17H,8-9,11-13H2,1-2H3/t16-,17+/m0/s1. The molecule has 0 aliphatic carbocycles. The van der Waals surface area contributed by atoms with Gasteiger partial charge in [-0.15, -0.1) is 10.2 Å². The second-order valence-electron chi connectivity index (χ2n) is 7.58. The fourth-order valence-corrected chi connectivity index (χ4v) is 4.59. The summed E-state index contributed by atoms with van der Waals surface area (Å²) in [6.45, 7) is 4.00. The average Bonchev–Trinajstić information content (AvgIpc) is 3.25. The van der Waals surface area contributed by atoms with Gasteiger partial charge in [0.15, 0.2) is 5.82 Å². The first kappa shape index (κ1) is 15.8. The molecule has 4 heterocycles. The van der Waals surface area contributed by atoms with E-state index in [0.29, 0.717) is 12.1 Å². The van der Waals surface area contributed by atoms with Crippen LogP contribution in [0.5, 0.6) is 0 Å². The molecule has 0 N–H and O–H groups in total. The van der Waals surface area contributed by atoms with Crippen LogP contribution in [0.1, 0.15) is 30.1 Å². The Morgan fingerprint density at radius 1 is 1.08 bits per heavy atom. The monoisotopic (exact) mass is 348 g/mol. The second-order valence-corrected chi connectivity index (χ2v) is 7.58. The number of hydrogen-bond acceptors (Lipinski definition) is 4. The molecule has 0 unspecified atom stereocenters. The highest BCUT2D eigenvalue weighted by Gasteiger charge is 2.38. The van der Waals surface area contributed by atoms with Crippen molar-refractivity contribution in [3.8, 4) is 11.4 Å². The quantitative estimate of drug-likeness (QED) is 0.730. The third-order valence-electron chi connectivity index (χ3n) is 5.89. The van der Waals surface area contributed by atoms with Gasteiger partial charge in [-0.2, -0.15) is 5.10 Å². The summed E-state index contributed by atoms with van der Waals surface area (Å²) < 4.78 is 4.37. The molecule has 134 valence electrons. The molecule has 1 saturated heterocycles. The third-order valence-corrected chi connectivity index (χ3v) is 5.89. The van der Waals surface area contributed by atoms with Gasteiger partial charge in [-0.25, -0.2) is 0 Å². The summed E-state index contributed by atoms with van der Waals surface area (Å²) in [5.74, 6) is 2.13. The number of aryl methyl sites for hydroxylation is 2. The van der Waals surface area contributed by atoms with E-state index in [4.69, 9.17) is 0 Å². The molecule has 6 heteroatoms. The van der Waals surface area contributed by atoms with Gasteiger partial charge in [0, 0.05) is 44.2 Å². The van der Waals surface area contributed by atoms with Crippen LogP contribution in [0.3, 0.4) is 0 Å².